The Bertz CT molecular complexity index is 671. The van der Waals surface area contributed by atoms with Gasteiger partial charge in [0.15, 0.2) is 0 Å². The van der Waals surface area contributed by atoms with Crippen molar-refractivity contribution in [1.82, 2.24) is 5.32 Å². The fraction of sp³-hybridized carbons (Fsp3) is 0.368. The van der Waals surface area contributed by atoms with Crippen molar-refractivity contribution < 1.29 is 9.66 Å². The van der Waals surface area contributed by atoms with Crippen molar-refractivity contribution in [2.75, 3.05) is 13.2 Å². The van der Waals surface area contributed by atoms with Crippen LogP contribution in [0.4, 0.5) is 5.69 Å². The molecule has 2 rings (SSSR count). The van der Waals surface area contributed by atoms with Crippen LogP contribution in [-0.4, -0.2) is 24.1 Å². The molecule has 0 fully saturated rings. The molecule has 0 spiro atoms. The summed E-state index contributed by atoms with van der Waals surface area (Å²) in [5.41, 5.74) is 2.34. The van der Waals surface area contributed by atoms with Crippen molar-refractivity contribution in [3.05, 3.63) is 69.8 Å². The minimum Gasteiger partial charge on any atom is -0.492 e. The van der Waals surface area contributed by atoms with Crippen molar-refractivity contribution in [3.63, 3.8) is 0 Å². The van der Waals surface area contributed by atoms with E-state index in [0.717, 1.165) is 23.4 Å². The number of nitrogens with one attached hydrogen (secondary N) is 1. The molecule has 0 saturated heterocycles. The summed E-state index contributed by atoms with van der Waals surface area (Å²) in [6, 6.07) is 14.9. The lowest BCUT2D eigenvalue weighted by molar-refractivity contribution is -0.384. The van der Waals surface area contributed by atoms with Crippen LogP contribution in [0.2, 0.25) is 0 Å². The van der Waals surface area contributed by atoms with Crippen molar-refractivity contribution in [3.8, 4) is 5.75 Å². The Balaban J connectivity index is 1.79. The highest BCUT2D eigenvalue weighted by Gasteiger charge is 2.11. The second-order valence-corrected chi connectivity index (χ2v) is 6.14. The molecule has 0 heterocycles. The molecule has 0 amide bonds. The first-order valence-electron chi connectivity index (χ1n) is 8.13. The molecule has 2 aromatic rings. The van der Waals surface area contributed by atoms with E-state index < -0.39 is 0 Å². The predicted molar refractivity (Wildman–Crippen MR) is 95.7 cm³/mol. The quantitative estimate of drug-likeness (QED) is 0.586. The third-order valence-corrected chi connectivity index (χ3v) is 4.03. The van der Waals surface area contributed by atoms with E-state index in [2.05, 4.69) is 19.2 Å². The molecule has 0 aliphatic heterocycles. The summed E-state index contributed by atoms with van der Waals surface area (Å²) in [6.07, 6.45) is 0. The molecule has 5 heteroatoms. The maximum absolute atomic E-state index is 10.7. The standard InChI is InChI=1S/C19H24N2O3/c1-14-6-4-5-7-19(14)24-13-16(3)20-12-15(2)17-8-10-18(11-9-17)21(22)23/h4-11,15-16,20H,12-13H2,1-3H3. The Morgan fingerprint density at radius 1 is 1.12 bits per heavy atom. The average molecular weight is 328 g/mol. The van der Waals surface area contributed by atoms with Gasteiger partial charge < -0.3 is 10.1 Å². The number of aryl methyl sites for hydroxylation is 1. The van der Waals surface area contributed by atoms with Crippen LogP contribution in [0.1, 0.15) is 30.9 Å². The van der Waals surface area contributed by atoms with Crippen LogP contribution in [0.15, 0.2) is 48.5 Å². The Morgan fingerprint density at radius 2 is 1.79 bits per heavy atom. The van der Waals surface area contributed by atoms with Gasteiger partial charge in [0.05, 0.1) is 4.92 Å². The topological polar surface area (TPSA) is 64.4 Å². The molecule has 0 aromatic heterocycles. The molecule has 0 radical (unpaired) electrons. The second kappa shape index (κ2) is 8.45. The Hall–Kier alpha value is -2.40. The van der Waals surface area contributed by atoms with E-state index in [1.54, 1.807) is 12.1 Å². The summed E-state index contributed by atoms with van der Waals surface area (Å²) in [6.45, 7) is 7.60. The molecule has 2 aromatic carbocycles. The largest absolute Gasteiger partial charge is 0.492 e. The van der Waals surface area contributed by atoms with E-state index in [1.165, 1.54) is 0 Å². The third kappa shape index (κ3) is 5.06. The van der Waals surface area contributed by atoms with Gasteiger partial charge in [0.2, 0.25) is 0 Å². The van der Waals surface area contributed by atoms with Gasteiger partial charge in [0, 0.05) is 24.7 Å². The fourth-order valence-corrected chi connectivity index (χ4v) is 2.41. The van der Waals surface area contributed by atoms with Gasteiger partial charge >= 0.3 is 0 Å². The van der Waals surface area contributed by atoms with E-state index in [1.807, 2.05) is 43.3 Å². The van der Waals surface area contributed by atoms with E-state index in [-0.39, 0.29) is 22.6 Å². The number of hydrogen-bond donors (Lipinski definition) is 1. The molecular formula is C19H24N2O3. The van der Waals surface area contributed by atoms with E-state index in [4.69, 9.17) is 4.74 Å². The lowest BCUT2D eigenvalue weighted by Gasteiger charge is -2.19. The van der Waals surface area contributed by atoms with Crippen molar-refractivity contribution in [2.24, 2.45) is 0 Å². The van der Waals surface area contributed by atoms with Gasteiger partial charge in [-0.1, -0.05) is 37.3 Å². The molecule has 0 aliphatic carbocycles. The summed E-state index contributed by atoms with van der Waals surface area (Å²) < 4.78 is 5.84. The first-order valence-corrected chi connectivity index (χ1v) is 8.13. The van der Waals surface area contributed by atoms with Gasteiger partial charge in [0.25, 0.3) is 5.69 Å². The number of benzene rings is 2. The van der Waals surface area contributed by atoms with Crippen LogP contribution in [0.3, 0.4) is 0 Å². The Labute approximate surface area is 142 Å². The molecule has 0 bridgehead atoms. The van der Waals surface area contributed by atoms with Crippen molar-refractivity contribution >= 4 is 5.69 Å². The number of rotatable bonds is 8. The van der Waals surface area contributed by atoms with Gasteiger partial charge in [-0.3, -0.25) is 10.1 Å². The lowest BCUT2D eigenvalue weighted by Crippen LogP contribution is -2.34. The number of nitro groups is 1. The molecule has 2 unspecified atom stereocenters. The number of para-hydroxylation sites is 1. The van der Waals surface area contributed by atoms with Crippen LogP contribution in [0.5, 0.6) is 5.75 Å². The number of non-ortho nitro benzene ring substituents is 1. The van der Waals surface area contributed by atoms with Gasteiger partial charge in [-0.05, 0) is 37.0 Å². The van der Waals surface area contributed by atoms with Crippen molar-refractivity contribution in [1.29, 1.82) is 0 Å². The van der Waals surface area contributed by atoms with Gasteiger partial charge in [-0.2, -0.15) is 0 Å². The second-order valence-electron chi connectivity index (χ2n) is 6.14. The number of hydrogen-bond acceptors (Lipinski definition) is 4. The fourth-order valence-electron chi connectivity index (χ4n) is 2.41. The molecule has 1 N–H and O–H groups in total. The average Bonchev–Trinajstić information content (AvgIpc) is 2.59. The van der Waals surface area contributed by atoms with Gasteiger partial charge in [-0.15, -0.1) is 0 Å². The van der Waals surface area contributed by atoms with Gasteiger partial charge in [0.1, 0.15) is 12.4 Å². The monoisotopic (exact) mass is 328 g/mol. The van der Waals surface area contributed by atoms with Crippen LogP contribution >= 0.6 is 0 Å². The molecule has 0 aliphatic rings. The highest BCUT2D eigenvalue weighted by Crippen LogP contribution is 2.19. The summed E-state index contributed by atoms with van der Waals surface area (Å²) in [5.74, 6) is 1.18. The first-order chi connectivity index (χ1) is 11.5. The normalized spacial score (nSPS) is 13.3. The smallest absolute Gasteiger partial charge is 0.269 e. The zero-order chi connectivity index (χ0) is 17.5. The molecule has 0 saturated carbocycles. The van der Waals surface area contributed by atoms with Gasteiger partial charge in [-0.25, -0.2) is 0 Å². The minimum absolute atomic E-state index is 0.124. The van der Waals surface area contributed by atoms with Crippen molar-refractivity contribution in [2.45, 2.75) is 32.7 Å². The first kappa shape index (κ1) is 17.9. The summed E-state index contributed by atoms with van der Waals surface area (Å²) in [7, 11) is 0. The SMILES string of the molecule is Cc1ccccc1OCC(C)NCC(C)c1ccc([N+](=O)[O-])cc1. The zero-order valence-electron chi connectivity index (χ0n) is 14.4. The van der Waals surface area contributed by atoms with Crippen LogP contribution < -0.4 is 10.1 Å². The predicted octanol–water partition coefficient (Wildman–Crippen LogP) is 4.06. The van der Waals surface area contributed by atoms with E-state index in [0.29, 0.717) is 6.61 Å². The summed E-state index contributed by atoms with van der Waals surface area (Å²) in [5, 5.41) is 14.1. The number of nitro benzene ring substituents is 1. The Kier molecular flexibility index (Phi) is 6.32. The maximum atomic E-state index is 10.7. The molecule has 5 nitrogen and oxygen atoms in total. The molecule has 2 atom stereocenters. The number of ether oxygens (including phenoxy) is 1. The van der Waals surface area contributed by atoms with E-state index >= 15 is 0 Å². The maximum Gasteiger partial charge on any atom is 0.269 e. The molecule has 24 heavy (non-hydrogen) atoms. The van der Waals surface area contributed by atoms with E-state index in [9.17, 15) is 10.1 Å². The van der Waals surface area contributed by atoms with Crippen LogP contribution in [0.25, 0.3) is 0 Å². The van der Waals surface area contributed by atoms with Crippen LogP contribution in [0, 0.1) is 17.0 Å². The lowest BCUT2D eigenvalue weighted by atomic mass is 10.0. The Morgan fingerprint density at radius 3 is 2.42 bits per heavy atom. The molecular weight excluding hydrogens is 304 g/mol. The van der Waals surface area contributed by atoms with Crippen LogP contribution in [-0.2, 0) is 0 Å². The zero-order valence-corrected chi connectivity index (χ0v) is 14.4. The minimum atomic E-state index is -0.377. The number of nitrogens with zero attached hydrogens (tertiary/aromatic N) is 1. The highest BCUT2D eigenvalue weighted by molar-refractivity contribution is 5.34. The summed E-state index contributed by atoms with van der Waals surface area (Å²) in [4.78, 5) is 10.3. The summed E-state index contributed by atoms with van der Waals surface area (Å²) >= 11 is 0. The third-order valence-electron chi connectivity index (χ3n) is 4.03. The molecule has 128 valence electrons. The highest BCUT2D eigenvalue weighted by atomic mass is 16.6.